The van der Waals surface area contributed by atoms with Crippen LogP contribution in [0.15, 0.2) is 30.5 Å². The second-order valence-corrected chi connectivity index (χ2v) is 4.42. The zero-order chi connectivity index (χ0) is 12.5. The van der Waals surface area contributed by atoms with Gasteiger partial charge in [0.25, 0.3) is 0 Å². The Labute approximate surface area is 105 Å². The number of hydrogen-bond acceptors (Lipinski definition) is 4. The van der Waals surface area contributed by atoms with E-state index in [9.17, 15) is 0 Å². The summed E-state index contributed by atoms with van der Waals surface area (Å²) in [6.45, 7) is 2.61. The van der Waals surface area contributed by atoms with Gasteiger partial charge in [-0.3, -0.25) is 0 Å². The van der Waals surface area contributed by atoms with E-state index in [0.717, 1.165) is 27.8 Å². The van der Waals surface area contributed by atoms with E-state index in [1.807, 2.05) is 6.20 Å². The summed E-state index contributed by atoms with van der Waals surface area (Å²) in [5.41, 5.74) is 8.43. The fourth-order valence-corrected chi connectivity index (χ4v) is 2.01. The average Bonchev–Trinajstić information content (AvgIpc) is 2.36. The monoisotopic (exact) mass is 238 g/mol. The summed E-state index contributed by atoms with van der Waals surface area (Å²) in [6, 6.07) is 8.30. The quantitative estimate of drug-likeness (QED) is 0.693. The fraction of sp³-hybridized carbons (Fsp3) is 0.214. The van der Waals surface area contributed by atoms with Crippen molar-refractivity contribution in [3.05, 3.63) is 41.9 Å². The molecule has 3 rings (SSSR count). The van der Waals surface area contributed by atoms with Crippen molar-refractivity contribution in [2.24, 2.45) is 5.73 Å². The molecule has 2 heterocycles. The van der Waals surface area contributed by atoms with Crippen LogP contribution in [0.3, 0.4) is 0 Å². The number of nitrogens with two attached hydrogens (primary N) is 1. The molecule has 1 aromatic carbocycles. The molecule has 18 heavy (non-hydrogen) atoms. The zero-order valence-corrected chi connectivity index (χ0v) is 10.2. The number of hydrogen-bond donors (Lipinski definition) is 1. The predicted molar refractivity (Wildman–Crippen MR) is 72.3 cm³/mol. The Morgan fingerprint density at radius 2 is 2.00 bits per heavy atom. The molecule has 4 nitrogen and oxygen atoms in total. The first-order valence-corrected chi connectivity index (χ1v) is 5.99. The van der Waals surface area contributed by atoms with Gasteiger partial charge < -0.3 is 5.73 Å². The molecule has 0 spiro atoms. The highest BCUT2D eigenvalue weighted by atomic mass is 14.9. The third-order valence-electron chi connectivity index (χ3n) is 2.94. The maximum atomic E-state index is 5.51. The van der Waals surface area contributed by atoms with Gasteiger partial charge in [-0.25, -0.2) is 15.0 Å². The van der Waals surface area contributed by atoms with E-state index >= 15 is 0 Å². The van der Waals surface area contributed by atoms with Gasteiger partial charge in [-0.2, -0.15) is 0 Å². The number of nitrogens with zero attached hydrogens (tertiary/aromatic N) is 3. The minimum Gasteiger partial charge on any atom is -0.330 e. The standard InChI is InChI=1S/C14H14N4/c1-9-2-3-10-7-11-8-16-13(4-5-15)18-14(11)17-12(10)6-9/h2-3,6-8H,4-5,15H2,1H3. The Hall–Kier alpha value is -2.07. The van der Waals surface area contributed by atoms with Crippen LogP contribution in [0, 0.1) is 6.92 Å². The number of benzene rings is 1. The first kappa shape index (κ1) is 11.0. The normalized spacial score (nSPS) is 11.2. The van der Waals surface area contributed by atoms with Gasteiger partial charge in [-0.15, -0.1) is 0 Å². The van der Waals surface area contributed by atoms with Gasteiger partial charge in [0.1, 0.15) is 5.82 Å². The highest BCUT2D eigenvalue weighted by Gasteiger charge is 2.03. The molecule has 0 amide bonds. The van der Waals surface area contributed by atoms with Crippen molar-refractivity contribution < 1.29 is 0 Å². The van der Waals surface area contributed by atoms with Crippen LogP contribution >= 0.6 is 0 Å². The van der Waals surface area contributed by atoms with Gasteiger partial charge in [0.15, 0.2) is 5.65 Å². The molecule has 4 heteroatoms. The number of aromatic nitrogens is 3. The molecule has 0 aliphatic carbocycles. The summed E-state index contributed by atoms with van der Waals surface area (Å²) in [6.07, 6.45) is 2.50. The third-order valence-corrected chi connectivity index (χ3v) is 2.94. The summed E-state index contributed by atoms with van der Waals surface area (Å²) in [7, 11) is 0. The van der Waals surface area contributed by atoms with E-state index in [-0.39, 0.29) is 0 Å². The van der Waals surface area contributed by atoms with Crippen LogP contribution in [0.1, 0.15) is 11.4 Å². The first-order valence-electron chi connectivity index (χ1n) is 5.99. The van der Waals surface area contributed by atoms with E-state index in [1.54, 1.807) is 0 Å². The van der Waals surface area contributed by atoms with E-state index in [2.05, 4.69) is 46.1 Å². The molecule has 2 N–H and O–H groups in total. The largest absolute Gasteiger partial charge is 0.330 e. The van der Waals surface area contributed by atoms with Gasteiger partial charge in [0.2, 0.25) is 0 Å². The minimum absolute atomic E-state index is 0.554. The lowest BCUT2D eigenvalue weighted by Crippen LogP contribution is -2.06. The van der Waals surface area contributed by atoms with Crippen molar-refractivity contribution >= 4 is 21.9 Å². The molecule has 2 aromatic heterocycles. The van der Waals surface area contributed by atoms with Crippen LogP contribution in [0.4, 0.5) is 0 Å². The lowest BCUT2D eigenvalue weighted by atomic mass is 10.1. The molecule has 0 bridgehead atoms. The van der Waals surface area contributed by atoms with Crippen LogP contribution in [0.5, 0.6) is 0 Å². The molecule has 0 aliphatic heterocycles. The van der Waals surface area contributed by atoms with Gasteiger partial charge in [0, 0.05) is 23.4 Å². The second kappa shape index (κ2) is 4.31. The van der Waals surface area contributed by atoms with Crippen molar-refractivity contribution in [2.45, 2.75) is 13.3 Å². The van der Waals surface area contributed by atoms with E-state index in [1.165, 1.54) is 5.56 Å². The molecule has 0 atom stereocenters. The van der Waals surface area contributed by atoms with Crippen molar-refractivity contribution in [1.29, 1.82) is 0 Å². The number of aryl methyl sites for hydroxylation is 1. The molecule has 3 aromatic rings. The van der Waals surface area contributed by atoms with Crippen molar-refractivity contribution in [3.63, 3.8) is 0 Å². The van der Waals surface area contributed by atoms with Crippen molar-refractivity contribution in [1.82, 2.24) is 15.0 Å². The molecule has 0 saturated heterocycles. The summed E-state index contributed by atoms with van der Waals surface area (Å²) >= 11 is 0. The molecule has 0 saturated carbocycles. The van der Waals surface area contributed by atoms with E-state index in [0.29, 0.717) is 13.0 Å². The lowest BCUT2D eigenvalue weighted by molar-refractivity contribution is 0.876. The number of fused-ring (bicyclic) bond motifs is 2. The summed E-state index contributed by atoms with van der Waals surface area (Å²) in [5, 5.41) is 2.08. The van der Waals surface area contributed by atoms with Gasteiger partial charge in [-0.05, 0) is 31.2 Å². The highest BCUT2D eigenvalue weighted by molar-refractivity contribution is 5.90. The predicted octanol–water partition coefficient (Wildman–Crippen LogP) is 1.99. The number of rotatable bonds is 2. The minimum atomic E-state index is 0.554. The van der Waals surface area contributed by atoms with Crippen LogP contribution in [0.25, 0.3) is 21.9 Å². The Morgan fingerprint density at radius 3 is 2.83 bits per heavy atom. The van der Waals surface area contributed by atoms with E-state index in [4.69, 9.17) is 5.73 Å². The number of pyridine rings is 1. The summed E-state index contributed by atoms with van der Waals surface area (Å²) in [5.74, 6) is 0.754. The van der Waals surface area contributed by atoms with Crippen LogP contribution in [0.2, 0.25) is 0 Å². The molecule has 0 fully saturated rings. The zero-order valence-electron chi connectivity index (χ0n) is 10.2. The maximum Gasteiger partial charge on any atom is 0.163 e. The Balaban J connectivity index is 2.25. The second-order valence-electron chi connectivity index (χ2n) is 4.42. The van der Waals surface area contributed by atoms with Crippen LogP contribution < -0.4 is 5.73 Å². The smallest absolute Gasteiger partial charge is 0.163 e. The first-order chi connectivity index (χ1) is 8.76. The SMILES string of the molecule is Cc1ccc2cc3cnc(CCN)nc3nc2c1. The van der Waals surface area contributed by atoms with Crippen molar-refractivity contribution in [2.75, 3.05) is 6.54 Å². The highest BCUT2D eigenvalue weighted by Crippen LogP contribution is 2.19. The molecule has 90 valence electrons. The lowest BCUT2D eigenvalue weighted by Gasteiger charge is -2.03. The van der Waals surface area contributed by atoms with Crippen LogP contribution in [-0.2, 0) is 6.42 Å². The average molecular weight is 238 g/mol. The van der Waals surface area contributed by atoms with Crippen molar-refractivity contribution in [3.8, 4) is 0 Å². The molecule has 0 unspecified atom stereocenters. The molecule has 0 radical (unpaired) electrons. The topological polar surface area (TPSA) is 64.7 Å². The fourth-order valence-electron chi connectivity index (χ4n) is 2.01. The Bertz CT molecular complexity index is 721. The molecule has 0 aliphatic rings. The molecular formula is C14H14N4. The maximum absolute atomic E-state index is 5.51. The van der Waals surface area contributed by atoms with Gasteiger partial charge in [-0.1, -0.05) is 12.1 Å². The third kappa shape index (κ3) is 1.91. The Kier molecular flexibility index (Phi) is 2.64. The summed E-state index contributed by atoms with van der Waals surface area (Å²) < 4.78 is 0. The van der Waals surface area contributed by atoms with Gasteiger partial charge in [0.05, 0.1) is 5.52 Å². The molecular weight excluding hydrogens is 224 g/mol. The van der Waals surface area contributed by atoms with Crippen LogP contribution in [-0.4, -0.2) is 21.5 Å². The van der Waals surface area contributed by atoms with Gasteiger partial charge >= 0.3 is 0 Å². The summed E-state index contributed by atoms with van der Waals surface area (Å²) in [4.78, 5) is 13.3. The van der Waals surface area contributed by atoms with E-state index < -0.39 is 0 Å². The Morgan fingerprint density at radius 1 is 1.11 bits per heavy atom.